The number of sulfonamides is 1. The molecule has 0 spiro atoms. The number of anilines is 2. The molecule has 4 fully saturated rings. The van der Waals surface area contributed by atoms with Crippen molar-refractivity contribution in [1.29, 1.82) is 0 Å². The van der Waals surface area contributed by atoms with Crippen LogP contribution in [0.4, 0.5) is 20.4 Å². The van der Waals surface area contributed by atoms with E-state index in [4.69, 9.17) is 0 Å². The van der Waals surface area contributed by atoms with Gasteiger partial charge in [0.15, 0.2) is 0 Å². The summed E-state index contributed by atoms with van der Waals surface area (Å²) in [4.78, 5) is 50.9. The number of imide groups is 1. The summed E-state index contributed by atoms with van der Waals surface area (Å²) in [6.07, 6.45) is 1.72. The second kappa shape index (κ2) is 16.1. The Bertz CT molecular complexity index is 2360. The Balaban J connectivity index is 0.868. The lowest BCUT2D eigenvalue weighted by molar-refractivity contribution is -0.134. The number of alkyl halides is 2. The molecule has 17 heteroatoms. The molecule has 8 rings (SSSR count). The van der Waals surface area contributed by atoms with Crippen LogP contribution in [-0.4, -0.2) is 100.0 Å². The summed E-state index contributed by atoms with van der Waals surface area (Å²) in [6, 6.07) is 15.3. The van der Waals surface area contributed by atoms with Crippen molar-refractivity contribution in [3.05, 3.63) is 87.8 Å². The number of fused-ring (bicyclic) bond motifs is 1. The highest BCUT2D eigenvalue weighted by molar-refractivity contribution is 7.89. The summed E-state index contributed by atoms with van der Waals surface area (Å²) in [7, 11) is -3.77. The Morgan fingerprint density at radius 2 is 1.71 bits per heavy atom. The molecule has 4 aliphatic rings. The molecule has 2 aromatic carbocycles. The fourth-order valence-electron chi connectivity index (χ4n) is 8.92. The predicted octanol–water partition coefficient (Wildman–Crippen LogP) is 4.31. The van der Waals surface area contributed by atoms with E-state index in [1.54, 1.807) is 25.1 Å². The van der Waals surface area contributed by atoms with Crippen molar-refractivity contribution in [2.45, 2.75) is 93.3 Å². The number of nitrogens with zero attached hydrogens (tertiary/aromatic N) is 6. The Morgan fingerprint density at radius 1 is 0.966 bits per heavy atom. The van der Waals surface area contributed by atoms with Gasteiger partial charge in [0.1, 0.15) is 5.65 Å². The van der Waals surface area contributed by atoms with Gasteiger partial charge < -0.3 is 15.3 Å². The number of aliphatic hydroxyl groups is 1. The van der Waals surface area contributed by atoms with E-state index < -0.39 is 39.2 Å². The molecule has 3 atom stereocenters. The van der Waals surface area contributed by atoms with Crippen LogP contribution in [0.3, 0.4) is 0 Å². The maximum absolute atomic E-state index is 13.9. The fraction of sp³-hybridized carbons (Fsp3) is 0.488. The lowest BCUT2D eigenvalue weighted by atomic mass is 9.90. The zero-order valence-corrected chi connectivity index (χ0v) is 33.1. The van der Waals surface area contributed by atoms with Gasteiger partial charge in [-0.05, 0) is 86.9 Å². The van der Waals surface area contributed by atoms with Crippen LogP contribution in [0.5, 0.6) is 0 Å². The lowest BCUT2D eigenvalue weighted by Gasteiger charge is -2.36. The van der Waals surface area contributed by atoms with Crippen LogP contribution in [-0.2, 0) is 26.2 Å². The number of halogens is 2. The number of amides is 2. The first kappa shape index (κ1) is 40.0. The number of aromatic nitrogens is 3. The van der Waals surface area contributed by atoms with E-state index in [0.29, 0.717) is 51.5 Å². The van der Waals surface area contributed by atoms with Crippen LogP contribution >= 0.6 is 0 Å². The number of hydrogen-bond donors (Lipinski definition) is 3. The fourth-order valence-corrected chi connectivity index (χ4v) is 10.5. The van der Waals surface area contributed by atoms with Crippen molar-refractivity contribution >= 4 is 44.5 Å². The molecule has 14 nitrogen and oxygen atoms in total. The molecule has 308 valence electrons. The van der Waals surface area contributed by atoms with E-state index in [9.17, 15) is 36.7 Å². The molecule has 5 heterocycles. The molecule has 58 heavy (non-hydrogen) atoms. The molecule has 1 aliphatic carbocycles. The summed E-state index contributed by atoms with van der Waals surface area (Å²) < 4.78 is 58.1. The molecule has 2 aromatic heterocycles. The highest BCUT2D eigenvalue weighted by atomic mass is 32.2. The number of pyridine rings is 1. The van der Waals surface area contributed by atoms with Crippen molar-refractivity contribution in [3.63, 3.8) is 0 Å². The highest BCUT2D eigenvalue weighted by Crippen LogP contribution is 2.40. The van der Waals surface area contributed by atoms with E-state index >= 15 is 0 Å². The molecule has 1 unspecified atom stereocenters. The molecule has 0 radical (unpaired) electrons. The highest BCUT2D eigenvalue weighted by Gasteiger charge is 2.40. The molecular formula is C41H48F2N8O6S. The number of carbonyl (C=O) groups excluding carboxylic acids is 2. The maximum atomic E-state index is 13.9. The van der Waals surface area contributed by atoms with Crippen LogP contribution < -0.4 is 21.1 Å². The van der Waals surface area contributed by atoms with E-state index in [2.05, 4.69) is 30.4 Å². The van der Waals surface area contributed by atoms with Gasteiger partial charge in [-0.15, -0.1) is 0 Å². The third-order valence-corrected chi connectivity index (χ3v) is 14.1. The van der Waals surface area contributed by atoms with E-state index in [0.717, 1.165) is 49.1 Å². The summed E-state index contributed by atoms with van der Waals surface area (Å²) in [5.41, 5.74) is 0.245. The largest absolute Gasteiger partial charge is 0.388 e. The van der Waals surface area contributed by atoms with Crippen molar-refractivity contribution in [3.8, 4) is 0 Å². The maximum Gasteiger partial charge on any atom is 0.269 e. The van der Waals surface area contributed by atoms with Crippen LogP contribution in [0.25, 0.3) is 11.0 Å². The van der Waals surface area contributed by atoms with Crippen LogP contribution in [0.1, 0.15) is 86.9 Å². The second-order valence-corrected chi connectivity index (χ2v) is 18.1. The molecule has 1 saturated carbocycles. The minimum absolute atomic E-state index is 0.166. The first-order chi connectivity index (χ1) is 27.8. The molecule has 3 saturated heterocycles. The van der Waals surface area contributed by atoms with Crippen molar-refractivity contribution < 1.29 is 31.9 Å². The monoisotopic (exact) mass is 818 g/mol. The van der Waals surface area contributed by atoms with Gasteiger partial charge in [0.25, 0.3) is 12.0 Å². The summed E-state index contributed by atoms with van der Waals surface area (Å²) in [6.45, 7) is 5.93. The standard InChI is InChI=1S/C41H48F2N8O6S/c1-41(55)15-3-6-34(41)51-37-28(23-33(36(42)43)39(51)54)24-44-40(47-37)45-29-13-16-50(17-14-29)58(56,57)31-5-2-4-26(22-31)25-48-18-20-49(21-19-48)30-9-7-27(8-10-30)32-11-12-35(52)46-38(32)53/h2,4-5,7-10,22-24,29,32,34,36,55H,3,6,11-21,25H2,1H3,(H,44,45,47)(H,46,52,53)/t32?,34-,41-/m1/s1. The van der Waals surface area contributed by atoms with Crippen LogP contribution in [0.2, 0.25) is 0 Å². The number of rotatable bonds is 10. The summed E-state index contributed by atoms with van der Waals surface area (Å²) in [5.74, 6) is -0.590. The second-order valence-electron chi connectivity index (χ2n) is 16.1. The zero-order chi connectivity index (χ0) is 40.8. The molecule has 3 aliphatic heterocycles. The third kappa shape index (κ3) is 8.09. The van der Waals surface area contributed by atoms with E-state index in [-0.39, 0.29) is 58.7 Å². The van der Waals surface area contributed by atoms with E-state index in [1.165, 1.54) is 15.1 Å². The Kier molecular flexibility index (Phi) is 11.1. The Hall–Kier alpha value is -4.84. The van der Waals surface area contributed by atoms with E-state index in [1.807, 2.05) is 30.3 Å². The van der Waals surface area contributed by atoms with Gasteiger partial charge in [-0.3, -0.25) is 29.2 Å². The quantitative estimate of drug-likeness (QED) is 0.195. The first-order valence-electron chi connectivity index (χ1n) is 20.0. The normalized spacial score (nSPS) is 24.1. The van der Waals surface area contributed by atoms with Gasteiger partial charge in [-0.25, -0.2) is 22.2 Å². The number of carbonyl (C=O) groups is 2. The van der Waals surface area contributed by atoms with Crippen molar-refractivity contribution in [1.82, 2.24) is 29.1 Å². The first-order valence-corrected chi connectivity index (χ1v) is 21.4. The Labute approximate surface area is 335 Å². The number of piperidine rings is 2. The molecular weight excluding hydrogens is 771 g/mol. The Morgan fingerprint density at radius 3 is 2.38 bits per heavy atom. The zero-order valence-electron chi connectivity index (χ0n) is 32.3. The third-order valence-electron chi connectivity index (χ3n) is 12.2. The number of benzene rings is 2. The average Bonchev–Trinajstić information content (AvgIpc) is 3.56. The number of hydrogen-bond acceptors (Lipinski definition) is 11. The van der Waals surface area contributed by atoms with Crippen molar-refractivity contribution in [2.24, 2.45) is 0 Å². The summed E-state index contributed by atoms with van der Waals surface area (Å²) in [5, 5.41) is 17.0. The van der Waals surface area contributed by atoms with Crippen LogP contribution in [0.15, 0.2) is 70.5 Å². The minimum Gasteiger partial charge on any atom is -0.388 e. The van der Waals surface area contributed by atoms with Gasteiger partial charge in [0.05, 0.1) is 28.0 Å². The SMILES string of the molecule is C[C@@]1(O)CCC[C@H]1n1c(=O)c(C(F)F)cc2cnc(NC3CCN(S(=O)(=O)c4cccc(CN5CCN(c6ccc(C7CCC(=O)NC7=O)cc6)CC5)c4)CC3)nc21. The minimum atomic E-state index is -3.77. The molecule has 3 N–H and O–H groups in total. The number of piperazine rings is 1. The number of nitrogens with one attached hydrogen (secondary N) is 2. The van der Waals surface area contributed by atoms with Gasteiger partial charge in [-0.2, -0.15) is 9.29 Å². The summed E-state index contributed by atoms with van der Waals surface area (Å²) >= 11 is 0. The topological polar surface area (TPSA) is 170 Å². The average molecular weight is 819 g/mol. The van der Waals surface area contributed by atoms with Gasteiger partial charge in [0, 0.05) is 75.5 Å². The van der Waals surface area contributed by atoms with Gasteiger partial charge in [-0.1, -0.05) is 24.3 Å². The molecule has 0 bridgehead atoms. The molecule has 2 amide bonds. The smallest absolute Gasteiger partial charge is 0.269 e. The lowest BCUT2D eigenvalue weighted by Crippen LogP contribution is -2.46. The van der Waals surface area contributed by atoms with Gasteiger partial charge >= 0.3 is 0 Å². The molecule has 4 aromatic rings. The predicted molar refractivity (Wildman–Crippen MR) is 213 cm³/mol. The van der Waals surface area contributed by atoms with Crippen LogP contribution in [0, 0.1) is 0 Å². The van der Waals surface area contributed by atoms with Crippen molar-refractivity contribution in [2.75, 3.05) is 49.5 Å². The van der Waals surface area contributed by atoms with Gasteiger partial charge in [0.2, 0.25) is 27.8 Å².